The van der Waals surface area contributed by atoms with Crippen LogP contribution in [-0.4, -0.2) is 87.5 Å². The number of quaternary nitrogens is 1. The lowest BCUT2D eigenvalue weighted by molar-refractivity contribution is -0.900. The fourth-order valence-electron chi connectivity index (χ4n) is 8.11. The Morgan fingerprint density at radius 3 is 2.76 bits per heavy atom. The van der Waals surface area contributed by atoms with E-state index in [-0.39, 0.29) is 23.8 Å². The highest BCUT2D eigenvalue weighted by Gasteiger charge is 2.72. The minimum Gasteiger partial charge on any atom is -0.361 e. The first-order chi connectivity index (χ1) is 19.5. The van der Waals surface area contributed by atoms with Crippen molar-refractivity contribution >= 4 is 34.2 Å². The zero-order valence-corrected chi connectivity index (χ0v) is 24.4. The van der Waals surface area contributed by atoms with Crippen LogP contribution in [0.25, 0.3) is 16.5 Å². The second-order valence-corrected chi connectivity index (χ2v) is 13.3. The number of benzene rings is 1. The summed E-state index contributed by atoms with van der Waals surface area (Å²) in [5, 5.41) is 16.3. The van der Waals surface area contributed by atoms with E-state index in [1.165, 1.54) is 20.7 Å². The molecule has 0 bridgehead atoms. The number of ether oxygens (including phenoxy) is 1. The summed E-state index contributed by atoms with van der Waals surface area (Å²) in [6.07, 6.45) is 6.29. The van der Waals surface area contributed by atoms with E-state index in [4.69, 9.17) is 4.74 Å². The lowest BCUT2D eigenvalue weighted by atomic mass is 9.79. The van der Waals surface area contributed by atoms with E-state index >= 15 is 0 Å². The third-order valence-corrected chi connectivity index (χ3v) is 10.2. The Kier molecular flexibility index (Phi) is 5.79. The maximum Gasteiger partial charge on any atom is 0.281 e. The van der Waals surface area contributed by atoms with Crippen LogP contribution in [0, 0.1) is 17.8 Å². The topological polar surface area (TPSA) is 119 Å². The van der Waals surface area contributed by atoms with Crippen LogP contribution in [0.2, 0.25) is 0 Å². The van der Waals surface area contributed by atoms with Gasteiger partial charge in [0.2, 0.25) is 17.5 Å². The van der Waals surface area contributed by atoms with E-state index in [2.05, 4.69) is 41.8 Å². The highest BCUT2D eigenvalue weighted by molar-refractivity contribution is 6.00. The third kappa shape index (κ3) is 3.50. The first-order valence-corrected chi connectivity index (χ1v) is 15.0. The number of aliphatic hydroxyl groups is 1. The van der Waals surface area contributed by atoms with Gasteiger partial charge in [0.25, 0.3) is 11.8 Å². The molecular formula is C31H40N5O5+. The van der Waals surface area contributed by atoms with E-state index < -0.39 is 41.5 Å². The van der Waals surface area contributed by atoms with E-state index in [1.54, 1.807) is 18.7 Å². The Balaban J connectivity index is 1.25. The van der Waals surface area contributed by atoms with Gasteiger partial charge in [0.05, 0.1) is 13.6 Å². The molecule has 1 aromatic carbocycles. The first-order valence-electron chi connectivity index (χ1n) is 15.0. The average Bonchev–Trinajstić information content (AvgIpc) is 3.64. The smallest absolute Gasteiger partial charge is 0.281 e. The number of carbonyl (C=O) groups excluding carboxylic acids is 3. The van der Waals surface area contributed by atoms with Crippen LogP contribution in [0.1, 0.15) is 51.7 Å². The molecule has 10 nitrogen and oxygen atoms in total. The van der Waals surface area contributed by atoms with Gasteiger partial charge in [-0.3, -0.25) is 24.0 Å². The number of nitrogens with one attached hydrogen (secondary N) is 3. The minimum atomic E-state index is -2.00. The molecule has 3 saturated heterocycles. The van der Waals surface area contributed by atoms with Gasteiger partial charge in [-0.15, -0.1) is 0 Å². The van der Waals surface area contributed by atoms with Crippen LogP contribution in [0.5, 0.6) is 0 Å². The van der Waals surface area contributed by atoms with Crippen molar-refractivity contribution < 1.29 is 29.1 Å². The number of piperazine rings is 1. The Morgan fingerprint density at radius 2 is 2.02 bits per heavy atom. The van der Waals surface area contributed by atoms with Gasteiger partial charge < -0.3 is 25.2 Å². The van der Waals surface area contributed by atoms with Gasteiger partial charge in [0.1, 0.15) is 24.0 Å². The summed E-state index contributed by atoms with van der Waals surface area (Å²) >= 11 is 0. The van der Waals surface area contributed by atoms with E-state index in [0.29, 0.717) is 19.5 Å². The molecule has 4 N–H and O–H groups in total. The summed E-state index contributed by atoms with van der Waals surface area (Å²) in [6.45, 7) is 8.43. The zero-order chi connectivity index (χ0) is 29.0. The quantitative estimate of drug-likeness (QED) is 0.436. The van der Waals surface area contributed by atoms with Crippen molar-refractivity contribution in [2.75, 3.05) is 20.1 Å². The largest absolute Gasteiger partial charge is 0.361 e. The number of carbonyl (C=O) groups is 3. The summed E-state index contributed by atoms with van der Waals surface area (Å²) in [7, 11) is 2.11. The Bertz CT molecular complexity index is 1500. The molecule has 1 unspecified atom stereocenters. The molecule has 41 heavy (non-hydrogen) atoms. The fraction of sp³-hybridized carbons (Fsp3) is 0.581. The molecule has 10 heteroatoms. The molecule has 2 aromatic rings. The Morgan fingerprint density at radius 1 is 1.24 bits per heavy atom. The van der Waals surface area contributed by atoms with E-state index in [1.807, 2.05) is 19.9 Å². The molecule has 1 aromatic heterocycles. The highest BCUT2D eigenvalue weighted by Crippen LogP contribution is 2.48. The van der Waals surface area contributed by atoms with Crippen LogP contribution < -0.4 is 10.2 Å². The standard InChI is InChI=1S/C31H39N5O5/c1-16(2)26-28(38)35-11-7-10-24(35)31(40)36(26)29(39)30(41-31,17(3)4)33-27(37)19-12-21-20-8-6-9-22-25(20)18(14-32-22)13-23(21)34(5)15-19/h6,8-9,12,14,16-17,19,23-24,26,32,40H,7,10-11,13,15H2,1-5H3,(H,33,37)/p+1/t19-,23+,24-,26-,30-,31+/m0/s1. The van der Waals surface area contributed by atoms with Gasteiger partial charge in [-0.25, -0.2) is 0 Å². The molecule has 5 heterocycles. The second kappa shape index (κ2) is 8.89. The molecule has 218 valence electrons. The number of hydrogen-bond acceptors (Lipinski definition) is 5. The lowest BCUT2D eigenvalue weighted by Gasteiger charge is -2.49. The van der Waals surface area contributed by atoms with Crippen LogP contribution in [0.4, 0.5) is 0 Å². The summed E-state index contributed by atoms with van der Waals surface area (Å²) in [5.74, 6) is -4.28. The maximum atomic E-state index is 14.3. The molecule has 3 amide bonds. The molecule has 4 aliphatic heterocycles. The van der Waals surface area contributed by atoms with Gasteiger partial charge in [0, 0.05) is 41.6 Å². The van der Waals surface area contributed by atoms with Crippen LogP contribution in [0.3, 0.4) is 0 Å². The van der Waals surface area contributed by atoms with Crippen molar-refractivity contribution in [3.63, 3.8) is 0 Å². The number of H-pyrrole nitrogens is 1. The van der Waals surface area contributed by atoms with Gasteiger partial charge in [-0.1, -0.05) is 45.9 Å². The average molecular weight is 563 g/mol. The molecular weight excluding hydrogens is 522 g/mol. The minimum absolute atomic E-state index is 0.168. The van der Waals surface area contributed by atoms with Crippen molar-refractivity contribution in [3.8, 4) is 0 Å². The fourth-order valence-corrected chi connectivity index (χ4v) is 8.11. The molecule has 0 saturated carbocycles. The molecule has 5 aliphatic rings. The zero-order valence-electron chi connectivity index (χ0n) is 24.4. The third-order valence-electron chi connectivity index (χ3n) is 10.2. The number of likely N-dealkylation sites (N-methyl/N-ethyl adjacent to an activating group) is 1. The summed E-state index contributed by atoms with van der Waals surface area (Å²) in [4.78, 5) is 49.5. The molecule has 0 spiro atoms. The van der Waals surface area contributed by atoms with Gasteiger partial charge in [-0.2, -0.15) is 0 Å². The van der Waals surface area contributed by atoms with E-state index in [9.17, 15) is 19.5 Å². The molecule has 7 atom stereocenters. The molecule has 3 fully saturated rings. The number of aromatic nitrogens is 1. The number of hydrogen-bond donors (Lipinski definition) is 4. The van der Waals surface area contributed by atoms with Crippen LogP contribution in [-0.2, 0) is 25.5 Å². The van der Waals surface area contributed by atoms with Gasteiger partial charge >= 0.3 is 0 Å². The lowest BCUT2D eigenvalue weighted by Crippen LogP contribution is -3.15. The van der Waals surface area contributed by atoms with Gasteiger partial charge in [-0.05, 0) is 36.0 Å². The predicted octanol–water partition coefficient (Wildman–Crippen LogP) is 0.623. The summed E-state index contributed by atoms with van der Waals surface area (Å²) in [5.41, 5.74) is 2.88. The number of fused-ring (bicyclic) bond motifs is 5. The predicted molar refractivity (Wildman–Crippen MR) is 151 cm³/mol. The molecule has 0 radical (unpaired) electrons. The van der Waals surface area contributed by atoms with Gasteiger partial charge in [0.15, 0.2) is 0 Å². The van der Waals surface area contributed by atoms with Crippen LogP contribution >= 0.6 is 0 Å². The first kappa shape index (κ1) is 26.7. The second-order valence-electron chi connectivity index (χ2n) is 13.3. The maximum absolute atomic E-state index is 14.3. The number of rotatable bonds is 4. The van der Waals surface area contributed by atoms with Crippen molar-refractivity contribution in [2.45, 2.75) is 76.7 Å². The van der Waals surface area contributed by atoms with Crippen molar-refractivity contribution in [2.24, 2.45) is 17.8 Å². The Hall–Kier alpha value is -3.21. The number of nitrogens with zero attached hydrogens (tertiary/aromatic N) is 2. The number of aromatic amines is 1. The van der Waals surface area contributed by atoms with Crippen molar-refractivity contribution in [1.82, 2.24) is 20.1 Å². The van der Waals surface area contributed by atoms with Crippen LogP contribution in [0.15, 0.2) is 30.5 Å². The Labute approximate surface area is 239 Å². The van der Waals surface area contributed by atoms with E-state index in [0.717, 1.165) is 29.5 Å². The molecule has 7 rings (SSSR count). The summed E-state index contributed by atoms with van der Waals surface area (Å²) < 4.78 is 6.41. The summed E-state index contributed by atoms with van der Waals surface area (Å²) in [6, 6.07) is 4.92. The normalized spacial score (nSPS) is 36.1. The van der Waals surface area contributed by atoms with Crippen molar-refractivity contribution in [3.05, 3.63) is 41.6 Å². The monoisotopic (exact) mass is 562 g/mol. The SMILES string of the molecule is CC(C)[C@H]1C(=O)N2CCC[C@H]2[C@@]2(O)O[C@@](NC(=O)[C@H]3C=C4c5cccc6[nH]cc(c56)C[C@H]4[NH+](C)C3)(C(C)C)C(=O)N12. The molecule has 1 aliphatic carbocycles. The number of amides is 3. The van der Waals surface area contributed by atoms with Crippen molar-refractivity contribution in [1.29, 1.82) is 0 Å². The highest BCUT2D eigenvalue weighted by atomic mass is 16.7.